The Morgan fingerprint density at radius 3 is 2.71 bits per heavy atom. The third-order valence-electron chi connectivity index (χ3n) is 3.25. The smallest absolute Gasteiger partial charge is 0.233 e. The molecule has 21 heavy (non-hydrogen) atoms. The predicted molar refractivity (Wildman–Crippen MR) is 80.7 cm³/mol. The molecule has 0 aliphatic heterocycles. The SMILES string of the molecule is CNC(c1ccc(OC)nn1)c1cc2cccc(Cl)c2o1. The maximum absolute atomic E-state index is 6.15. The molecule has 0 radical (unpaired) electrons. The number of para-hydroxylation sites is 1. The summed E-state index contributed by atoms with van der Waals surface area (Å²) in [6, 6.07) is 11.0. The van der Waals surface area contributed by atoms with Crippen molar-refractivity contribution in [2.75, 3.05) is 14.2 Å². The van der Waals surface area contributed by atoms with Gasteiger partial charge in [0.1, 0.15) is 11.8 Å². The van der Waals surface area contributed by atoms with Crippen LogP contribution in [0.2, 0.25) is 5.02 Å². The van der Waals surface area contributed by atoms with Crippen LogP contribution in [0.3, 0.4) is 0 Å². The van der Waals surface area contributed by atoms with Crippen molar-refractivity contribution in [2.45, 2.75) is 6.04 Å². The monoisotopic (exact) mass is 303 g/mol. The second-order valence-electron chi connectivity index (χ2n) is 4.53. The molecule has 1 aromatic carbocycles. The fraction of sp³-hybridized carbons (Fsp3) is 0.200. The van der Waals surface area contributed by atoms with Crippen LogP contribution < -0.4 is 10.1 Å². The molecule has 0 aliphatic carbocycles. The molecular weight excluding hydrogens is 290 g/mol. The molecule has 0 bridgehead atoms. The molecule has 0 aliphatic rings. The summed E-state index contributed by atoms with van der Waals surface area (Å²) in [7, 11) is 3.39. The summed E-state index contributed by atoms with van der Waals surface area (Å²) in [5.41, 5.74) is 1.42. The Hall–Kier alpha value is -2.11. The zero-order chi connectivity index (χ0) is 14.8. The van der Waals surface area contributed by atoms with E-state index in [9.17, 15) is 0 Å². The lowest BCUT2D eigenvalue weighted by Crippen LogP contribution is -2.18. The molecule has 2 heterocycles. The number of ether oxygens (including phenoxy) is 1. The van der Waals surface area contributed by atoms with Crippen LogP contribution in [0.4, 0.5) is 0 Å². The first-order valence-electron chi connectivity index (χ1n) is 6.45. The quantitative estimate of drug-likeness (QED) is 0.802. The first-order chi connectivity index (χ1) is 10.2. The minimum Gasteiger partial charge on any atom is -0.480 e. The number of rotatable bonds is 4. The van der Waals surface area contributed by atoms with E-state index >= 15 is 0 Å². The summed E-state index contributed by atoms with van der Waals surface area (Å²) in [5, 5.41) is 12.9. The molecule has 0 saturated heterocycles. The van der Waals surface area contributed by atoms with Gasteiger partial charge in [-0.15, -0.1) is 10.2 Å². The summed E-state index contributed by atoms with van der Waals surface area (Å²) >= 11 is 6.15. The molecule has 3 rings (SSSR count). The van der Waals surface area contributed by atoms with E-state index in [4.69, 9.17) is 20.8 Å². The number of benzene rings is 1. The number of hydrogen-bond acceptors (Lipinski definition) is 5. The normalized spacial score (nSPS) is 12.5. The van der Waals surface area contributed by atoms with E-state index in [0.29, 0.717) is 16.5 Å². The Morgan fingerprint density at radius 2 is 2.10 bits per heavy atom. The van der Waals surface area contributed by atoms with Crippen LogP contribution in [0.15, 0.2) is 40.8 Å². The number of nitrogens with zero attached hydrogens (tertiary/aromatic N) is 2. The second kappa shape index (κ2) is 5.71. The fourth-order valence-corrected chi connectivity index (χ4v) is 2.44. The lowest BCUT2D eigenvalue weighted by Gasteiger charge is -2.12. The number of aromatic nitrogens is 2. The van der Waals surface area contributed by atoms with Crippen molar-refractivity contribution >= 4 is 22.6 Å². The second-order valence-corrected chi connectivity index (χ2v) is 4.94. The van der Waals surface area contributed by atoms with E-state index in [1.54, 1.807) is 19.2 Å². The lowest BCUT2D eigenvalue weighted by atomic mass is 10.1. The highest BCUT2D eigenvalue weighted by Crippen LogP contribution is 2.31. The molecular formula is C15H14ClN3O2. The molecule has 0 amide bonds. The maximum Gasteiger partial charge on any atom is 0.233 e. The van der Waals surface area contributed by atoms with E-state index in [2.05, 4.69) is 15.5 Å². The first kappa shape index (κ1) is 13.9. The largest absolute Gasteiger partial charge is 0.480 e. The predicted octanol–water partition coefficient (Wildman–Crippen LogP) is 3.19. The van der Waals surface area contributed by atoms with Gasteiger partial charge in [-0.3, -0.25) is 0 Å². The van der Waals surface area contributed by atoms with Crippen molar-refractivity contribution in [3.8, 4) is 5.88 Å². The zero-order valence-electron chi connectivity index (χ0n) is 11.6. The number of fused-ring (bicyclic) bond motifs is 1. The van der Waals surface area contributed by atoms with E-state index in [1.165, 1.54) is 0 Å². The van der Waals surface area contributed by atoms with E-state index in [-0.39, 0.29) is 6.04 Å². The average Bonchev–Trinajstić information content (AvgIpc) is 2.94. The molecule has 6 heteroatoms. The van der Waals surface area contributed by atoms with Gasteiger partial charge in [-0.25, -0.2) is 0 Å². The van der Waals surface area contributed by atoms with Crippen LogP contribution in [0, 0.1) is 0 Å². The molecule has 1 unspecified atom stereocenters. The van der Waals surface area contributed by atoms with Gasteiger partial charge in [0.25, 0.3) is 0 Å². The van der Waals surface area contributed by atoms with Crippen molar-refractivity contribution in [1.29, 1.82) is 0 Å². The molecule has 3 aromatic rings. The number of halogens is 1. The molecule has 0 spiro atoms. The van der Waals surface area contributed by atoms with Gasteiger partial charge >= 0.3 is 0 Å². The van der Waals surface area contributed by atoms with Gasteiger partial charge in [-0.05, 0) is 25.2 Å². The van der Waals surface area contributed by atoms with Gasteiger partial charge in [-0.1, -0.05) is 23.7 Å². The zero-order valence-corrected chi connectivity index (χ0v) is 12.4. The summed E-state index contributed by atoms with van der Waals surface area (Å²) in [6.45, 7) is 0. The molecule has 1 atom stereocenters. The fourth-order valence-electron chi connectivity index (χ4n) is 2.22. The molecule has 0 saturated carbocycles. The van der Waals surface area contributed by atoms with Crippen LogP contribution in [0.1, 0.15) is 17.5 Å². The van der Waals surface area contributed by atoms with Crippen LogP contribution in [0.5, 0.6) is 5.88 Å². The Balaban J connectivity index is 2.02. The summed E-state index contributed by atoms with van der Waals surface area (Å²) in [5.74, 6) is 1.21. The number of nitrogens with one attached hydrogen (secondary N) is 1. The highest BCUT2D eigenvalue weighted by molar-refractivity contribution is 6.34. The van der Waals surface area contributed by atoms with Gasteiger partial charge in [0, 0.05) is 11.5 Å². The van der Waals surface area contributed by atoms with Crippen molar-refractivity contribution in [3.63, 3.8) is 0 Å². The molecule has 5 nitrogen and oxygen atoms in total. The highest BCUT2D eigenvalue weighted by atomic mass is 35.5. The van der Waals surface area contributed by atoms with E-state index in [1.807, 2.05) is 31.3 Å². The number of hydrogen-bond donors (Lipinski definition) is 1. The van der Waals surface area contributed by atoms with Gasteiger partial charge in [0.05, 0.1) is 17.8 Å². The lowest BCUT2D eigenvalue weighted by molar-refractivity contribution is 0.389. The van der Waals surface area contributed by atoms with Crippen LogP contribution in [0.25, 0.3) is 11.0 Å². The topological polar surface area (TPSA) is 60.2 Å². The Labute approximate surface area is 126 Å². The minimum atomic E-state index is -0.202. The van der Waals surface area contributed by atoms with Gasteiger partial charge < -0.3 is 14.5 Å². The minimum absolute atomic E-state index is 0.202. The van der Waals surface area contributed by atoms with Crippen molar-refractivity contribution in [2.24, 2.45) is 0 Å². The molecule has 1 N–H and O–H groups in total. The average molecular weight is 304 g/mol. The Kier molecular flexibility index (Phi) is 3.77. The summed E-state index contributed by atoms with van der Waals surface area (Å²) < 4.78 is 10.9. The van der Waals surface area contributed by atoms with E-state index < -0.39 is 0 Å². The maximum atomic E-state index is 6.15. The van der Waals surface area contributed by atoms with E-state index in [0.717, 1.165) is 16.8 Å². The van der Waals surface area contributed by atoms with Gasteiger partial charge in [-0.2, -0.15) is 0 Å². The van der Waals surface area contributed by atoms with Crippen molar-refractivity contribution in [1.82, 2.24) is 15.5 Å². The molecule has 108 valence electrons. The van der Waals surface area contributed by atoms with Crippen molar-refractivity contribution in [3.05, 3.63) is 52.9 Å². The molecule has 0 fully saturated rings. The highest BCUT2D eigenvalue weighted by Gasteiger charge is 2.19. The summed E-state index contributed by atoms with van der Waals surface area (Å²) in [4.78, 5) is 0. The third-order valence-corrected chi connectivity index (χ3v) is 3.55. The number of methoxy groups -OCH3 is 1. The number of furan rings is 1. The van der Waals surface area contributed by atoms with Crippen molar-refractivity contribution < 1.29 is 9.15 Å². The Bertz CT molecular complexity index is 755. The Morgan fingerprint density at radius 1 is 1.24 bits per heavy atom. The molecule has 2 aromatic heterocycles. The van der Waals surface area contributed by atoms with Gasteiger partial charge in [0.2, 0.25) is 5.88 Å². The van der Waals surface area contributed by atoms with Gasteiger partial charge in [0.15, 0.2) is 5.58 Å². The standard InChI is InChI=1S/C15H14ClN3O2/c1-17-14(11-6-7-13(20-2)19-18-11)12-8-9-4-3-5-10(16)15(9)21-12/h3-8,14,17H,1-2H3. The van der Waals surface area contributed by atoms with Crippen LogP contribution in [-0.4, -0.2) is 24.4 Å². The van der Waals surface area contributed by atoms with Crippen LogP contribution >= 0.6 is 11.6 Å². The third kappa shape index (κ3) is 2.57. The van der Waals surface area contributed by atoms with Crippen LogP contribution in [-0.2, 0) is 0 Å². The summed E-state index contributed by atoms with van der Waals surface area (Å²) in [6.07, 6.45) is 0. The first-order valence-corrected chi connectivity index (χ1v) is 6.83.